The lowest BCUT2D eigenvalue weighted by molar-refractivity contribution is -0.384. The van der Waals surface area contributed by atoms with Crippen LogP contribution in [0.2, 0.25) is 0 Å². The van der Waals surface area contributed by atoms with Crippen LogP contribution in [0.3, 0.4) is 0 Å². The maximum atomic E-state index is 10.8. The first kappa shape index (κ1) is 14.8. The lowest BCUT2D eigenvalue weighted by Gasteiger charge is -2.08. The van der Waals surface area contributed by atoms with Gasteiger partial charge in [-0.25, -0.2) is 4.68 Å². The van der Waals surface area contributed by atoms with Crippen molar-refractivity contribution in [1.29, 1.82) is 0 Å². The van der Waals surface area contributed by atoms with Gasteiger partial charge in [-0.15, -0.1) is 0 Å². The van der Waals surface area contributed by atoms with E-state index in [1.54, 1.807) is 19.2 Å². The second-order valence-corrected chi connectivity index (χ2v) is 5.08. The number of benzene rings is 2. The van der Waals surface area contributed by atoms with E-state index in [-0.39, 0.29) is 5.69 Å². The standard InChI is InChI=1S/C17H15N3O3/c1-12-11-17(13-3-5-15(6-4-13)20(21)22)19(18-12)14-7-9-16(23-2)10-8-14/h3-11H,1-2H3. The fraction of sp³-hybridized carbons (Fsp3) is 0.118. The largest absolute Gasteiger partial charge is 0.497 e. The molecule has 0 atom stereocenters. The average molecular weight is 309 g/mol. The molecule has 3 rings (SSSR count). The Hall–Kier alpha value is -3.15. The summed E-state index contributed by atoms with van der Waals surface area (Å²) in [5, 5.41) is 15.3. The Labute approximate surface area is 133 Å². The quantitative estimate of drug-likeness (QED) is 0.543. The van der Waals surface area contributed by atoms with E-state index < -0.39 is 4.92 Å². The van der Waals surface area contributed by atoms with Crippen LogP contribution in [0.4, 0.5) is 5.69 Å². The SMILES string of the molecule is COc1ccc(-n2nc(C)cc2-c2ccc([N+](=O)[O-])cc2)cc1. The highest BCUT2D eigenvalue weighted by Gasteiger charge is 2.12. The molecule has 0 N–H and O–H groups in total. The van der Waals surface area contributed by atoms with Crippen LogP contribution in [0.15, 0.2) is 54.6 Å². The van der Waals surface area contributed by atoms with E-state index in [1.807, 2.05) is 41.9 Å². The molecule has 116 valence electrons. The first-order chi connectivity index (χ1) is 11.1. The zero-order valence-electron chi connectivity index (χ0n) is 12.8. The Balaban J connectivity index is 2.04. The first-order valence-corrected chi connectivity index (χ1v) is 7.04. The minimum atomic E-state index is -0.407. The van der Waals surface area contributed by atoms with Crippen molar-refractivity contribution in [2.75, 3.05) is 7.11 Å². The van der Waals surface area contributed by atoms with Gasteiger partial charge in [0, 0.05) is 17.7 Å². The molecule has 0 aliphatic heterocycles. The van der Waals surface area contributed by atoms with Gasteiger partial charge in [-0.05, 0) is 49.4 Å². The number of aryl methyl sites for hydroxylation is 1. The maximum Gasteiger partial charge on any atom is 0.269 e. The van der Waals surface area contributed by atoms with Crippen LogP contribution >= 0.6 is 0 Å². The van der Waals surface area contributed by atoms with E-state index in [4.69, 9.17) is 4.74 Å². The van der Waals surface area contributed by atoms with Crippen molar-refractivity contribution in [3.8, 4) is 22.7 Å². The molecule has 1 heterocycles. The number of rotatable bonds is 4. The topological polar surface area (TPSA) is 70.2 Å². The Morgan fingerprint density at radius 3 is 2.30 bits per heavy atom. The highest BCUT2D eigenvalue weighted by Crippen LogP contribution is 2.26. The zero-order valence-corrected chi connectivity index (χ0v) is 12.8. The van der Waals surface area contributed by atoms with E-state index >= 15 is 0 Å². The molecule has 0 saturated heterocycles. The maximum absolute atomic E-state index is 10.8. The van der Waals surface area contributed by atoms with E-state index in [9.17, 15) is 10.1 Å². The zero-order chi connectivity index (χ0) is 16.4. The fourth-order valence-corrected chi connectivity index (χ4v) is 2.38. The number of hydrogen-bond donors (Lipinski definition) is 0. The van der Waals surface area contributed by atoms with Crippen LogP contribution in [0.5, 0.6) is 5.75 Å². The molecule has 3 aromatic rings. The number of nitro groups is 1. The van der Waals surface area contributed by atoms with Gasteiger partial charge in [0.15, 0.2) is 0 Å². The van der Waals surface area contributed by atoms with Crippen molar-refractivity contribution in [1.82, 2.24) is 9.78 Å². The van der Waals surface area contributed by atoms with Crippen LogP contribution in [-0.4, -0.2) is 21.8 Å². The molecule has 0 amide bonds. The molecule has 0 bridgehead atoms. The molecule has 0 fully saturated rings. The summed E-state index contributed by atoms with van der Waals surface area (Å²) in [5.41, 5.74) is 3.58. The van der Waals surface area contributed by atoms with Crippen molar-refractivity contribution in [2.45, 2.75) is 6.92 Å². The van der Waals surface area contributed by atoms with Gasteiger partial charge in [0.2, 0.25) is 0 Å². The van der Waals surface area contributed by atoms with Crippen LogP contribution < -0.4 is 4.74 Å². The Morgan fingerprint density at radius 1 is 1.09 bits per heavy atom. The van der Waals surface area contributed by atoms with Gasteiger partial charge < -0.3 is 4.74 Å². The number of nitrogens with zero attached hydrogens (tertiary/aromatic N) is 3. The third-order valence-electron chi connectivity index (χ3n) is 3.52. The van der Waals surface area contributed by atoms with Gasteiger partial charge in [0.1, 0.15) is 5.75 Å². The first-order valence-electron chi connectivity index (χ1n) is 7.04. The molecular formula is C17H15N3O3. The molecule has 0 spiro atoms. The van der Waals surface area contributed by atoms with Gasteiger partial charge in [-0.2, -0.15) is 5.10 Å². The Bertz CT molecular complexity index is 837. The highest BCUT2D eigenvalue weighted by molar-refractivity contribution is 5.64. The van der Waals surface area contributed by atoms with Gasteiger partial charge in [-0.3, -0.25) is 10.1 Å². The summed E-state index contributed by atoms with van der Waals surface area (Å²) >= 11 is 0. The minimum Gasteiger partial charge on any atom is -0.497 e. The lowest BCUT2D eigenvalue weighted by Crippen LogP contribution is -1.99. The second-order valence-electron chi connectivity index (χ2n) is 5.08. The molecule has 0 aliphatic carbocycles. The van der Waals surface area contributed by atoms with Crippen LogP contribution in [0, 0.1) is 17.0 Å². The summed E-state index contributed by atoms with van der Waals surface area (Å²) in [6.45, 7) is 1.91. The summed E-state index contributed by atoms with van der Waals surface area (Å²) < 4.78 is 6.98. The highest BCUT2D eigenvalue weighted by atomic mass is 16.6. The number of methoxy groups -OCH3 is 1. The van der Waals surface area contributed by atoms with Crippen molar-refractivity contribution in [3.05, 3.63) is 70.4 Å². The summed E-state index contributed by atoms with van der Waals surface area (Å²) in [7, 11) is 1.62. The summed E-state index contributed by atoms with van der Waals surface area (Å²) in [6, 6.07) is 16.0. The van der Waals surface area contributed by atoms with Gasteiger partial charge in [0.25, 0.3) is 5.69 Å². The van der Waals surface area contributed by atoms with Crippen LogP contribution in [0.1, 0.15) is 5.69 Å². The predicted molar refractivity (Wildman–Crippen MR) is 86.9 cm³/mol. The fourth-order valence-electron chi connectivity index (χ4n) is 2.38. The second kappa shape index (κ2) is 5.92. The summed E-state index contributed by atoms with van der Waals surface area (Å²) in [6.07, 6.45) is 0. The monoisotopic (exact) mass is 309 g/mol. The van der Waals surface area contributed by atoms with Crippen LogP contribution in [0.25, 0.3) is 16.9 Å². The number of aromatic nitrogens is 2. The van der Waals surface area contributed by atoms with E-state index in [0.717, 1.165) is 28.4 Å². The third kappa shape index (κ3) is 2.91. The van der Waals surface area contributed by atoms with Gasteiger partial charge >= 0.3 is 0 Å². The summed E-state index contributed by atoms with van der Waals surface area (Å²) in [4.78, 5) is 10.4. The molecule has 2 aromatic carbocycles. The molecule has 0 saturated carbocycles. The molecule has 23 heavy (non-hydrogen) atoms. The molecule has 6 nitrogen and oxygen atoms in total. The molecule has 0 radical (unpaired) electrons. The number of hydrogen-bond acceptors (Lipinski definition) is 4. The molecular weight excluding hydrogens is 294 g/mol. The van der Waals surface area contributed by atoms with E-state index in [2.05, 4.69) is 5.10 Å². The summed E-state index contributed by atoms with van der Waals surface area (Å²) in [5.74, 6) is 0.773. The molecule has 6 heteroatoms. The average Bonchev–Trinajstić information content (AvgIpc) is 2.97. The number of non-ortho nitro benzene ring substituents is 1. The van der Waals surface area contributed by atoms with Crippen molar-refractivity contribution in [3.63, 3.8) is 0 Å². The smallest absolute Gasteiger partial charge is 0.269 e. The molecule has 0 aliphatic rings. The van der Waals surface area contributed by atoms with Crippen molar-refractivity contribution in [2.24, 2.45) is 0 Å². The van der Waals surface area contributed by atoms with Crippen molar-refractivity contribution < 1.29 is 9.66 Å². The van der Waals surface area contributed by atoms with E-state index in [1.165, 1.54) is 12.1 Å². The van der Waals surface area contributed by atoms with Gasteiger partial charge in [-0.1, -0.05) is 0 Å². The molecule has 1 aromatic heterocycles. The van der Waals surface area contributed by atoms with Crippen molar-refractivity contribution >= 4 is 5.69 Å². The normalized spacial score (nSPS) is 10.5. The van der Waals surface area contributed by atoms with Crippen LogP contribution in [-0.2, 0) is 0 Å². The predicted octanol–water partition coefficient (Wildman–Crippen LogP) is 3.76. The lowest BCUT2D eigenvalue weighted by atomic mass is 10.1. The molecule has 0 unspecified atom stereocenters. The Morgan fingerprint density at radius 2 is 1.74 bits per heavy atom. The number of nitro benzene ring substituents is 1. The minimum absolute atomic E-state index is 0.0704. The third-order valence-corrected chi connectivity index (χ3v) is 3.52. The Kier molecular flexibility index (Phi) is 3.80. The van der Waals surface area contributed by atoms with E-state index in [0.29, 0.717) is 0 Å². The number of ether oxygens (including phenoxy) is 1. The van der Waals surface area contributed by atoms with Gasteiger partial charge in [0.05, 0.1) is 29.1 Å².